The lowest BCUT2D eigenvalue weighted by Crippen LogP contribution is -2.19. The summed E-state index contributed by atoms with van der Waals surface area (Å²) < 4.78 is 36.7. The minimum absolute atomic E-state index is 0.00561. The van der Waals surface area contributed by atoms with Gasteiger partial charge in [0.2, 0.25) is 16.0 Å². The second kappa shape index (κ2) is 11.2. The van der Waals surface area contributed by atoms with Crippen LogP contribution in [0.5, 0.6) is 11.5 Å². The molecule has 1 aromatic heterocycles. The number of hydrogen-bond acceptors (Lipinski definition) is 6. The summed E-state index contributed by atoms with van der Waals surface area (Å²) in [4.78, 5) is 8.15. The van der Waals surface area contributed by atoms with Crippen molar-refractivity contribution in [2.45, 2.75) is 32.3 Å². The summed E-state index contributed by atoms with van der Waals surface area (Å²) in [5, 5.41) is 0.850. The molecule has 7 nitrogen and oxygen atoms in total. The van der Waals surface area contributed by atoms with Crippen molar-refractivity contribution >= 4 is 50.8 Å². The molecule has 1 heterocycles. The van der Waals surface area contributed by atoms with E-state index in [0.29, 0.717) is 39.7 Å². The van der Waals surface area contributed by atoms with Gasteiger partial charge < -0.3 is 9.47 Å². The Bertz CT molecular complexity index is 1260. The van der Waals surface area contributed by atoms with Gasteiger partial charge in [-0.25, -0.2) is 18.4 Å². The number of nitrogens with zero attached hydrogens (tertiary/aromatic N) is 2. The molecular weight excluding hydrogens is 533 g/mol. The van der Waals surface area contributed by atoms with E-state index in [1.54, 1.807) is 6.07 Å². The third-order valence-corrected chi connectivity index (χ3v) is 6.57. The number of benzene rings is 2. The highest BCUT2D eigenvalue weighted by Gasteiger charge is 2.26. The first kappa shape index (κ1) is 27.3. The summed E-state index contributed by atoms with van der Waals surface area (Å²) in [7, 11) is -3.48. The summed E-state index contributed by atoms with van der Waals surface area (Å²) >= 11 is 18.6. The monoisotopic (exact) mass is 557 g/mol. The molecule has 0 aliphatic carbocycles. The molecule has 0 fully saturated rings. The van der Waals surface area contributed by atoms with E-state index in [1.165, 1.54) is 6.20 Å². The maximum Gasteiger partial charge on any atom is 0.236 e. The van der Waals surface area contributed by atoms with Crippen LogP contribution in [0, 0.1) is 0 Å². The lowest BCUT2D eigenvalue weighted by molar-refractivity contribution is 0.222. The summed E-state index contributed by atoms with van der Waals surface area (Å²) in [5.41, 5.74) is 2.10. The fraction of sp³-hybridized carbons (Fsp3) is 0.333. The Kier molecular flexibility index (Phi) is 8.75. The van der Waals surface area contributed by atoms with Crippen molar-refractivity contribution in [2.75, 3.05) is 23.5 Å². The largest absolute Gasteiger partial charge is 0.489 e. The Morgan fingerprint density at radius 1 is 1.06 bits per heavy atom. The molecule has 0 bridgehead atoms. The van der Waals surface area contributed by atoms with Crippen LogP contribution in [0.2, 0.25) is 10.0 Å². The van der Waals surface area contributed by atoms with Crippen LogP contribution in [0.25, 0.3) is 0 Å². The quantitative estimate of drug-likeness (QED) is 0.296. The van der Waals surface area contributed by atoms with Crippen molar-refractivity contribution in [1.82, 2.24) is 9.97 Å². The molecule has 0 spiro atoms. The van der Waals surface area contributed by atoms with Gasteiger partial charge in [0, 0.05) is 11.6 Å². The van der Waals surface area contributed by atoms with E-state index >= 15 is 0 Å². The molecule has 0 amide bonds. The minimum atomic E-state index is -3.48. The number of rotatable bonds is 10. The molecule has 3 rings (SSSR count). The summed E-state index contributed by atoms with van der Waals surface area (Å²) in [6, 6.07) is 13.0. The maximum absolute atomic E-state index is 11.4. The number of hydrogen-bond donors (Lipinski definition) is 1. The first-order valence-electron chi connectivity index (χ1n) is 10.7. The third-order valence-electron chi connectivity index (χ3n) is 5.30. The van der Waals surface area contributed by atoms with Crippen molar-refractivity contribution in [3.63, 3.8) is 0 Å². The normalized spacial score (nSPS) is 12.8. The fourth-order valence-corrected chi connectivity index (χ4v) is 4.50. The van der Waals surface area contributed by atoms with E-state index in [2.05, 4.69) is 28.5 Å². The molecule has 11 heteroatoms. The molecule has 1 N–H and O–H groups in total. The van der Waals surface area contributed by atoms with E-state index in [-0.39, 0.29) is 5.95 Å². The van der Waals surface area contributed by atoms with Crippen LogP contribution in [0.15, 0.2) is 48.7 Å². The van der Waals surface area contributed by atoms with Crippen molar-refractivity contribution in [1.29, 1.82) is 0 Å². The molecule has 35 heavy (non-hydrogen) atoms. The average Bonchev–Trinajstić information content (AvgIpc) is 2.78. The summed E-state index contributed by atoms with van der Waals surface area (Å²) in [6.07, 6.45) is 2.08. The van der Waals surface area contributed by atoms with Gasteiger partial charge in [0.15, 0.2) is 5.75 Å². The molecule has 0 aliphatic rings. The molecule has 0 saturated heterocycles. The van der Waals surface area contributed by atoms with E-state index in [9.17, 15) is 8.42 Å². The van der Waals surface area contributed by atoms with E-state index in [4.69, 9.17) is 44.3 Å². The van der Waals surface area contributed by atoms with Gasteiger partial charge in [-0.1, -0.05) is 49.2 Å². The van der Waals surface area contributed by atoms with Gasteiger partial charge in [-0.15, -0.1) is 11.6 Å². The Morgan fingerprint density at radius 2 is 1.69 bits per heavy atom. The van der Waals surface area contributed by atoms with Crippen LogP contribution < -0.4 is 14.2 Å². The first-order chi connectivity index (χ1) is 16.4. The zero-order chi connectivity index (χ0) is 25.8. The van der Waals surface area contributed by atoms with Crippen molar-refractivity contribution in [3.8, 4) is 11.5 Å². The molecule has 188 valence electrons. The highest BCUT2D eigenvalue weighted by atomic mass is 35.5. The van der Waals surface area contributed by atoms with Crippen LogP contribution in [-0.4, -0.2) is 37.1 Å². The number of nitrogens with one attached hydrogen (secondary N) is 1. The lowest BCUT2D eigenvalue weighted by atomic mass is 9.78. The van der Waals surface area contributed by atoms with E-state index < -0.39 is 21.5 Å². The average molecular weight is 559 g/mol. The molecule has 2 aromatic carbocycles. The molecule has 0 radical (unpaired) electrons. The van der Waals surface area contributed by atoms with Gasteiger partial charge in [-0.05, 0) is 48.4 Å². The Labute approximate surface area is 220 Å². The summed E-state index contributed by atoms with van der Waals surface area (Å²) in [5.74, 6) is 1.39. The van der Waals surface area contributed by atoms with Crippen LogP contribution in [0.3, 0.4) is 0 Å². The van der Waals surface area contributed by atoms with Gasteiger partial charge >= 0.3 is 0 Å². The topological polar surface area (TPSA) is 90.4 Å². The minimum Gasteiger partial charge on any atom is -0.489 e. The number of anilines is 1. The highest BCUT2D eigenvalue weighted by molar-refractivity contribution is 7.91. The molecule has 3 aromatic rings. The second-order valence-corrected chi connectivity index (χ2v) is 11.3. The highest BCUT2D eigenvalue weighted by Crippen LogP contribution is 2.40. The SMILES string of the molecule is C[C@H](Oc1ccc(C(C)(C)c2cc(Cl)c(OCCCl)c(Cl)c2)cc1)c1ccnc(NS(C)(=O)=O)n1. The van der Waals surface area contributed by atoms with Crippen LogP contribution in [-0.2, 0) is 15.4 Å². The predicted molar refractivity (Wildman–Crippen MR) is 141 cm³/mol. The zero-order valence-electron chi connectivity index (χ0n) is 19.7. The second-order valence-electron chi connectivity index (χ2n) is 8.40. The number of alkyl halides is 1. The Balaban J connectivity index is 1.77. The van der Waals surface area contributed by atoms with Crippen LogP contribution in [0.1, 0.15) is 43.7 Å². The van der Waals surface area contributed by atoms with Crippen molar-refractivity contribution < 1.29 is 17.9 Å². The smallest absolute Gasteiger partial charge is 0.236 e. The van der Waals surface area contributed by atoms with Crippen molar-refractivity contribution in [2.24, 2.45) is 0 Å². The van der Waals surface area contributed by atoms with Gasteiger partial charge in [-0.2, -0.15) is 0 Å². The Morgan fingerprint density at radius 3 is 2.26 bits per heavy atom. The standard InChI is InChI=1S/C24H26Cl3N3O4S/c1-15(21-9-11-28-23(29-21)30-35(4,31)32)34-18-7-5-16(6-8-18)24(2,3)17-13-19(26)22(20(27)14-17)33-12-10-25/h5-9,11,13-15H,10,12H2,1-4H3,(H,28,29,30)/t15-/m0/s1. The zero-order valence-corrected chi connectivity index (χ0v) is 22.8. The molecule has 0 unspecified atom stereocenters. The molecular formula is C24H26Cl3N3O4S. The third kappa shape index (κ3) is 7.13. The first-order valence-corrected chi connectivity index (χ1v) is 13.8. The molecule has 1 atom stereocenters. The van der Waals surface area contributed by atoms with Gasteiger partial charge in [0.1, 0.15) is 18.5 Å². The summed E-state index contributed by atoms with van der Waals surface area (Å²) in [6.45, 7) is 6.28. The number of ether oxygens (including phenoxy) is 2. The predicted octanol–water partition coefficient (Wildman–Crippen LogP) is 6.24. The van der Waals surface area contributed by atoms with Crippen LogP contribution >= 0.6 is 34.8 Å². The van der Waals surface area contributed by atoms with Gasteiger partial charge in [0.05, 0.1) is 27.9 Å². The number of halogens is 3. The molecule has 0 saturated carbocycles. The lowest BCUT2D eigenvalue weighted by Gasteiger charge is -2.27. The van der Waals surface area contributed by atoms with E-state index in [0.717, 1.165) is 17.4 Å². The van der Waals surface area contributed by atoms with Gasteiger partial charge in [-0.3, -0.25) is 4.72 Å². The Hall–Kier alpha value is -2.26. The van der Waals surface area contributed by atoms with Gasteiger partial charge in [0.25, 0.3) is 0 Å². The molecule has 0 aliphatic heterocycles. The van der Waals surface area contributed by atoms with Crippen LogP contribution in [0.4, 0.5) is 5.95 Å². The maximum atomic E-state index is 11.4. The van der Waals surface area contributed by atoms with Crippen molar-refractivity contribution in [3.05, 3.63) is 75.5 Å². The van der Waals surface area contributed by atoms with E-state index in [1.807, 2.05) is 43.3 Å². The fourth-order valence-electron chi connectivity index (χ4n) is 3.39. The number of sulfonamides is 1. The number of aromatic nitrogens is 2.